The van der Waals surface area contributed by atoms with E-state index in [1.54, 1.807) is 6.20 Å². The summed E-state index contributed by atoms with van der Waals surface area (Å²) >= 11 is 0. The molecule has 6 heteroatoms. The second-order valence-electron chi connectivity index (χ2n) is 9.66. The summed E-state index contributed by atoms with van der Waals surface area (Å²) in [5.41, 5.74) is 4.52. The first-order valence-electron chi connectivity index (χ1n) is 13.0. The molecule has 5 rings (SSSR count). The summed E-state index contributed by atoms with van der Waals surface area (Å²) < 4.78 is 5.83. The lowest BCUT2D eigenvalue weighted by atomic mass is 9.89. The minimum atomic E-state index is -0.0603. The molecule has 0 bridgehead atoms. The number of carbonyl (C=O) groups is 2. The third-order valence-corrected chi connectivity index (χ3v) is 6.87. The molecule has 0 saturated carbocycles. The second-order valence-corrected chi connectivity index (χ2v) is 9.66. The van der Waals surface area contributed by atoms with E-state index in [9.17, 15) is 9.59 Å². The molecule has 2 heterocycles. The highest BCUT2D eigenvalue weighted by atomic mass is 16.5. The number of ether oxygens (including phenoxy) is 1. The van der Waals surface area contributed by atoms with Gasteiger partial charge in [-0.3, -0.25) is 14.6 Å². The van der Waals surface area contributed by atoms with Crippen LogP contribution in [0.15, 0.2) is 97.2 Å². The molecule has 2 amide bonds. The van der Waals surface area contributed by atoms with Crippen molar-refractivity contribution in [2.45, 2.75) is 32.1 Å². The van der Waals surface area contributed by atoms with E-state index in [0.29, 0.717) is 23.7 Å². The Kier molecular flexibility index (Phi) is 7.78. The monoisotopic (exact) mass is 505 g/mol. The van der Waals surface area contributed by atoms with Gasteiger partial charge in [0.15, 0.2) is 0 Å². The molecule has 1 N–H and O–H groups in total. The molecule has 0 spiro atoms. The lowest BCUT2D eigenvalue weighted by Crippen LogP contribution is -2.37. The topological polar surface area (TPSA) is 71.5 Å². The number of nitrogens with one attached hydrogen (secondary N) is 1. The van der Waals surface area contributed by atoms with Crippen LogP contribution in [-0.2, 0) is 11.2 Å². The zero-order valence-corrected chi connectivity index (χ0v) is 21.5. The Bertz CT molecular complexity index is 1360. The van der Waals surface area contributed by atoms with Gasteiger partial charge in [-0.1, -0.05) is 36.4 Å². The van der Waals surface area contributed by atoms with Gasteiger partial charge in [0.1, 0.15) is 11.5 Å². The van der Waals surface area contributed by atoms with Crippen molar-refractivity contribution in [1.82, 2.24) is 9.88 Å². The van der Waals surface area contributed by atoms with E-state index in [1.165, 1.54) is 5.56 Å². The average molecular weight is 506 g/mol. The van der Waals surface area contributed by atoms with E-state index in [1.807, 2.05) is 90.7 Å². The number of aromatic nitrogens is 1. The molecule has 192 valence electrons. The third-order valence-electron chi connectivity index (χ3n) is 6.87. The van der Waals surface area contributed by atoms with Crippen LogP contribution in [0, 0.1) is 6.92 Å². The van der Waals surface area contributed by atoms with Crippen LogP contribution in [0.25, 0.3) is 0 Å². The first-order chi connectivity index (χ1) is 18.5. The Balaban J connectivity index is 1.10. The van der Waals surface area contributed by atoms with Gasteiger partial charge in [0.25, 0.3) is 5.91 Å². The number of para-hydroxylation sites is 1. The van der Waals surface area contributed by atoms with Crippen molar-refractivity contribution < 1.29 is 14.3 Å². The molecule has 6 nitrogen and oxygen atoms in total. The highest BCUT2D eigenvalue weighted by Crippen LogP contribution is 2.30. The van der Waals surface area contributed by atoms with Crippen molar-refractivity contribution in [1.29, 1.82) is 0 Å². The smallest absolute Gasteiger partial charge is 0.253 e. The quantitative estimate of drug-likeness (QED) is 0.316. The van der Waals surface area contributed by atoms with Gasteiger partial charge < -0.3 is 15.0 Å². The van der Waals surface area contributed by atoms with E-state index >= 15 is 0 Å². The van der Waals surface area contributed by atoms with Crippen molar-refractivity contribution in [3.63, 3.8) is 0 Å². The molecule has 3 aromatic carbocycles. The van der Waals surface area contributed by atoms with Crippen LogP contribution in [0.1, 0.15) is 45.9 Å². The molecule has 1 aliphatic heterocycles. The number of benzene rings is 3. The van der Waals surface area contributed by atoms with Crippen LogP contribution in [0.5, 0.6) is 11.5 Å². The Morgan fingerprint density at radius 2 is 1.55 bits per heavy atom. The summed E-state index contributed by atoms with van der Waals surface area (Å²) in [5.74, 6) is 1.86. The summed E-state index contributed by atoms with van der Waals surface area (Å²) in [5, 5.41) is 2.96. The van der Waals surface area contributed by atoms with Gasteiger partial charge in [0.05, 0.1) is 6.42 Å². The van der Waals surface area contributed by atoms with Gasteiger partial charge in [-0.2, -0.15) is 0 Å². The van der Waals surface area contributed by atoms with Crippen LogP contribution in [0.4, 0.5) is 5.69 Å². The van der Waals surface area contributed by atoms with Crippen LogP contribution in [0.3, 0.4) is 0 Å². The van der Waals surface area contributed by atoms with E-state index in [-0.39, 0.29) is 11.8 Å². The van der Waals surface area contributed by atoms with E-state index in [0.717, 1.165) is 48.6 Å². The molecule has 1 aliphatic rings. The SMILES string of the molecule is Cc1ccc(CC(=O)Nc2ccc(C3CCN(C(=O)c4ccc(Oc5ccccc5)cc4)CC3)cc2)cn1. The summed E-state index contributed by atoms with van der Waals surface area (Å²) in [4.78, 5) is 31.6. The fourth-order valence-electron chi connectivity index (χ4n) is 4.72. The standard InChI is InChI=1S/C32H31N3O3/c1-23-7-8-24(22-33-23)21-31(36)34-28-13-9-25(10-14-28)26-17-19-35(20-18-26)32(37)27-11-15-30(16-12-27)38-29-5-3-2-4-6-29/h2-16,22,26H,17-21H2,1H3,(H,34,36). The fourth-order valence-corrected chi connectivity index (χ4v) is 4.72. The minimum absolute atomic E-state index is 0.0524. The predicted molar refractivity (Wildman–Crippen MR) is 149 cm³/mol. The Morgan fingerprint density at radius 1 is 0.868 bits per heavy atom. The maximum atomic E-state index is 13.0. The van der Waals surface area contributed by atoms with Crippen LogP contribution in [0.2, 0.25) is 0 Å². The lowest BCUT2D eigenvalue weighted by Gasteiger charge is -2.32. The molecule has 0 radical (unpaired) electrons. The van der Waals surface area contributed by atoms with Crippen molar-refractivity contribution in [3.8, 4) is 11.5 Å². The average Bonchev–Trinajstić information content (AvgIpc) is 2.95. The highest BCUT2D eigenvalue weighted by molar-refractivity contribution is 5.94. The molecule has 38 heavy (non-hydrogen) atoms. The number of hydrogen-bond donors (Lipinski definition) is 1. The first-order valence-corrected chi connectivity index (χ1v) is 13.0. The largest absolute Gasteiger partial charge is 0.457 e. The Labute approximate surface area is 223 Å². The molecule has 4 aromatic rings. The van der Waals surface area contributed by atoms with Crippen LogP contribution >= 0.6 is 0 Å². The number of amides is 2. The second kappa shape index (κ2) is 11.7. The molecule has 0 aliphatic carbocycles. The molecule has 1 aromatic heterocycles. The lowest BCUT2D eigenvalue weighted by molar-refractivity contribution is -0.115. The molecular formula is C32H31N3O3. The van der Waals surface area contributed by atoms with Crippen LogP contribution in [-0.4, -0.2) is 34.8 Å². The number of hydrogen-bond acceptors (Lipinski definition) is 4. The number of likely N-dealkylation sites (tertiary alicyclic amines) is 1. The number of carbonyl (C=O) groups excluding carboxylic acids is 2. The van der Waals surface area contributed by atoms with E-state index in [2.05, 4.69) is 22.4 Å². The normalized spacial score (nSPS) is 13.7. The number of rotatable bonds is 7. The van der Waals surface area contributed by atoms with Crippen molar-refractivity contribution in [2.75, 3.05) is 18.4 Å². The number of nitrogens with zero attached hydrogens (tertiary/aromatic N) is 2. The highest BCUT2D eigenvalue weighted by Gasteiger charge is 2.24. The van der Waals surface area contributed by atoms with E-state index < -0.39 is 0 Å². The molecular weight excluding hydrogens is 474 g/mol. The van der Waals surface area contributed by atoms with E-state index in [4.69, 9.17) is 4.74 Å². The van der Waals surface area contributed by atoms with Crippen molar-refractivity contribution >= 4 is 17.5 Å². The Hall–Kier alpha value is -4.45. The van der Waals surface area contributed by atoms with Crippen molar-refractivity contribution in [3.05, 3.63) is 120 Å². The number of anilines is 1. The zero-order valence-electron chi connectivity index (χ0n) is 21.5. The van der Waals surface area contributed by atoms with Crippen molar-refractivity contribution in [2.24, 2.45) is 0 Å². The Morgan fingerprint density at radius 3 is 2.21 bits per heavy atom. The maximum Gasteiger partial charge on any atom is 0.253 e. The summed E-state index contributed by atoms with van der Waals surface area (Å²) in [6, 6.07) is 28.8. The summed E-state index contributed by atoms with van der Waals surface area (Å²) in [7, 11) is 0. The zero-order chi connectivity index (χ0) is 26.3. The molecule has 1 saturated heterocycles. The third kappa shape index (κ3) is 6.45. The molecule has 0 unspecified atom stereocenters. The maximum absolute atomic E-state index is 13.0. The number of piperidine rings is 1. The molecule has 0 atom stereocenters. The summed E-state index contributed by atoms with van der Waals surface area (Å²) in [6.07, 6.45) is 3.86. The predicted octanol–water partition coefficient (Wildman–Crippen LogP) is 6.38. The first kappa shape index (κ1) is 25.2. The summed E-state index contributed by atoms with van der Waals surface area (Å²) in [6.45, 7) is 3.36. The molecule has 1 fully saturated rings. The number of pyridine rings is 1. The van der Waals surface area contributed by atoms with Gasteiger partial charge in [0.2, 0.25) is 5.91 Å². The van der Waals surface area contributed by atoms with Gasteiger partial charge in [0, 0.05) is 36.2 Å². The van der Waals surface area contributed by atoms with Crippen LogP contribution < -0.4 is 10.1 Å². The minimum Gasteiger partial charge on any atom is -0.457 e. The number of aryl methyl sites for hydroxylation is 1. The van der Waals surface area contributed by atoms with Gasteiger partial charge in [-0.25, -0.2) is 0 Å². The van der Waals surface area contributed by atoms with Gasteiger partial charge >= 0.3 is 0 Å². The fraction of sp³-hybridized carbons (Fsp3) is 0.219. The van der Waals surface area contributed by atoms with Gasteiger partial charge in [-0.05, 0) is 91.4 Å². The van der Waals surface area contributed by atoms with Gasteiger partial charge in [-0.15, -0.1) is 0 Å².